The molecule has 2 aromatic carbocycles. The molecule has 2 N–H and O–H groups in total. The Morgan fingerprint density at radius 1 is 1.26 bits per heavy atom. The van der Waals surface area contributed by atoms with Gasteiger partial charge in [0.1, 0.15) is 0 Å². The highest BCUT2D eigenvalue weighted by Crippen LogP contribution is 2.35. The number of fused-ring (bicyclic) bond motifs is 1. The van der Waals surface area contributed by atoms with Gasteiger partial charge in [-0.3, -0.25) is 5.43 Å². The number of thiazole rings is 1. The van der Waals surface area contributed by atoms with Crippen LogP contribution >= 0.6 is 34.7 Å². The number of aromatic nitrogens is 1. The van der Waals surface area contributed by atoms with Gasteiger partial charge in [0.2, 0.25) is 0 Å². The molecule has 0 unspecified atom stereocenters. The summed E-state index contributed by atoms with van der Waals surface area (Å²) in [6.45, 7) is 0. The first kappa shape index (κ1) is 15.9. The molecule has 23 heavy (non-hydrogen) atoms. The number of benzene rings is 2. The van der Waals surface area contributed by atoms with Crippen LogP contribution in [0.25, 0.3) is 10.2 Å². The fourth-order valence-electron chi connectivity index (χ4n) is 1.80. The Balaban J connectivity index is 1.68. The van der Waals surface area contributed by atoms with E-state index in [1.54, 1.807) is 23.1 Å². The molecule has 0 spiro atoms. The van der Waals surface area contributed by atoms with Crippen LogP contribution < -0.4 is 10.9 Å². The number of hydrogen-bond donors (Lipinski definition) is 2. The molecule has 0 aliphatic heterocycles. The van der Waals surface area contributed by atoms with Crippen LogP contribution in [0.2, 0.25) is 5.02 Å². The van der Waals surface area contributed by atoms with Gasteiger partial charge in [0.25, 0.3) is 0 Å². The van der Waals surface area contributed by atoms with Gasteiger partial charge in [-0.05, 0) is 42.5 Å². The number of amides is 1. The van der Waals surface area contributed by atoms with Gasteiger partial charge >= 0.3 is 6.09 Å². The van der Waals surface area contributed by atoms with Gasteiger partial charge < -0.3 is 4.74 Å². The average Bonchev–Trinajstić information content (AvgIpc) is 2.95. The summed E-state index contributed by atoms with van der Waals surface area (Å²) >= 11 is 9.19. The normalized spacial score (nSPS) is 10.5. The Labute approximate surface area is 146 Å². The predicted molar refractivity (Wildman–Crippen MR) is 94.4 cm³/mol. The number of ether oxygens (including phenoxy) is 1. The highest BCUT2D eigenvalue weighted by molar-refractivity contribution is 8.01. The minimum atomic E-state index is -0.545. The summed E-state index contributed by atoms with van der Waals surface area (Å²) in [6, 6.07) is 13.3. The predicted octanol–water partition coefficient (Wildman–Crippen LogP) is 4.78. The van der Waals surface area contributed by atoms with Crippen LogP contribution in [-0.4, -0.2) is 18.2 Å². The maximum atomic E-state index is 11.0. The molecule has 3 aromatic rings. The number of carbonyl (C=O) groups is 1. The molecule has 0 atom stereocenters. The monoisotopic (exact) mass is 365 g/mol. The second-order valence-corrected chi connectivity index (χ2v) is 7.25. The molecule has 0 aliphatic rings. The third-order valence-corrected chi connectivity index (χ3v) is 5.22. The summed E-state index contributed by atoms with van der Waals surface area (Å²) < 4.78 is 6.54. The lowest BCUT2D eigenvalue weighted by Gasteiger charge is -2.07. The quantitative estimate of drug-likeness (QED) is 0.651. The van der Waals surface area contributed by atoms with E-state index in [0.29, 0.717) is 5.02 Å². The van der Waals surface area contributed by atoms with Crippen LogP contribution in [0.15, 0.2) is 51.7 Å². The van der Waals surface area contributed by atoms with Crippen molar-refractivity contribution in [1.82, 2.24) is 10.4 Å². The molecular formula is C15H12ClN3O2S2. The molecule has 0 fully saturated rings. The van der Waals surface area contributed by atoms with Gasteiger partial charge in [-0.1, -0.05) is 23.4 Å². The number of nitrogens with one attached hydrogen (secondary N) is 2. The number of hydrogen-bond acceptors (Lipinski definition) is 6. The van der Waals surface area contributed by atoms with Crippen molar-refractivity contribution in [2.75, 3.05) is 12.5 Å². The molecule has 0 saturated heterocycles. The maximum Gasteiger partial charge on any atom is 0.425 e. The summed E-state index contributed by atoms with van der Waals surface area (Å²) in [5.41, 5.74) is 6.82. The largest absolute Gasteiger partial charge is 0.452 e. The van der Waals surface area contributed by atoms with E-state index in [1.165, 1.54) is 7.11 Å². The maximum absolute atomic E-state index is 11.0. The van der Waals surface area contributed by atoms with E-state index in [2.05, 4.69) is 20.6 Å². The second-order valence-electron chi connectivity index (χ2n) is 4.46. The topological polar surface area (TPSA) is 63.2 Å². The van der Waals surface area contributed by atoms with E-state index in [4.69, 9.17) is 11.6 Å². The van der Waals surface area contributed by atoms with E-state index < -0.39 is 6.09 Å². The lowest BCUT2D eigenvalue weighted by molar-refractivity contribution is 0.173. The van der Waals surface area contributed by atoms with Gasteiger partial charge in [0, 0.05) is 9.92 Å². The molecule has 8 heteroatoms. The van der Waals surface area contributed by atoms with Crippen molar-refractivity contribution in [2.24, 2.45) is 0 Å². The average molecular weight is 366 g/mol. The summed E-state index contributed by atoms with van der Waals surface area (Å²) in [7, 11) is 1.31. The van der Waals surface area contributed by atoms with E-state index in [-0.39, 0.29) is 0 Å². The zero-order valence-electron chi connectivity index (χ0n) is 12.0. The van der Waals surface area contributed by atoms with Crippen molar-refractivity contribution < 1.29 is 9.53 Å². The number of carbonyl (C=O) groups excluding carboxylic acids is 1. The van der Waals surface area contributed by atoms with E-state index in [1.807, 2.05) is 42.5 Å². The summed E-state index contributed by atoms with van der Waals surface area (Å²) in [5.74, 6) is 0. The van der Waals surface area contributed by atoms with Crippen molar-refractivity contribution in [3.05, 3.63) is 47.5 Å². The van der Waals surface area contributed by atoms with E-state index >= 15 is 0 Å². The zero-order chi connectivity index (χ0) is 16.2. The fourth-order valence-corrected chi connectivity index (χ4v) is 3.99. The highest BCUT2D eigenvalue weighted by Gasteiger charge is 2.06. The van der Waals surface area contributed by atoms with Crippen LogP contribution in [0, 0.1) is 0 Å². The Morgan fingerprint density at radius 3 is 2.78 bits per heavy atom. The molecule has 5 nitrogen and oxygen atoms in total. The van der Waals surface area contributed by atoms with Crippen LogP contribution in [0.1, 0.15) is 0 Å². The smallest absolute Gasteiger partial charge is 0.425 e. The number of anilines is 1. The van der Waals surface area contributed by atoms with Crippen LogP contribution in [-0.2, 0) is 4.74 Å². The molecule has 1 aromatic heterocycles. The summed E-state index contributed by atoms with van der Waals surface area (Å²) in [5, 5.41) is 0.688. The van der Waals surface area contributed by atoms with Gasteiger partial charge in [-0.15, -0.1) is 11.3 Å². The first-order valence-corrected chi connectivity index (χ1v) is 8.59. The van der Waals surface area contributed by atoms with Crippen molar-refractivity contribution in [2.45, 2.75) is 9.24 Å². The standard InChI is InChI=1S/C15H12ClN3O2S2/c1-21-14(20)19-18-10-3-5-11(6-4-10)22-15-17-12-8-9(16)2-7-13(12)23-15/h2-8,18H,1H3,(H,19,20). The number of nitrogens with zero attached hydrogens (tertiary/aromatic N) is 1. The number of methoxy groups -OCH3 is 1. The Bertz CT molecular complexity index is 836. The van der Waals surface area contributed by atoms with Crippen molar-refractivity contribution in [3.63, 3.8) is 0 Å². The molecule has 0 saturated carbocycles. The highest BCUT2D eigenvalue weighted by atomic mass is 35.5. The number of rotatable bonds is 4. The molecule has 1 heterocycles. The third-order valence-electron chi connectivity index (χ3n) is 2.88. The molecular weight excluding hydrogens is 354 g/mol. The Hall–Kier alpha value is -1.96. The first-order chi connectivity index (χ1) is 11.1. The lowest BCUT2D eigenvalue weighted by atomic mass is 10.3. The molecule has 0 radical (unpaired) electrons. The molecule has 118 valence electrons. The Kier molecular flexibility index (Phi) is 4.90. The number of hydrazine groups is 1. The van der Waals surface area contributed by atoms with Gasteiger partial charge in [0.05, 0.1) is 23.0 Å². The minimum Gasteiger partial charge on any atom is -0.452 e. The lowest BCUT2D eigenvalue weighted by Crippen LogP contribution is -2.28. The van der Waals surface area contributed by atoms with Crippen molar-refractivity contribution in [3.8, 4) is 0 Å². The van der Waals surface area contributed by atoms with Crippen LogP contribution in [0.5, 0.6) is 0 Å². The van der Waals surface area contributed by atoms with Crippen molar-refractivity contribution in [1.29, 1.82) is 0 Å². The SMILES string of the molecule is COC(=O)NNc1ccc(Sc2nc3cc(Cl)ccc3s2)cc1. The van der Waals surface area contributed by atoms with Gasteiger partial charge in [-0.25, -0.2) is 15.2 Å². The zero-order valence-corrected chi connectivity index (χ0v) is 14.4. The van der Waals surface area contributed by atoms with Crippen molar-refractivity contribution >= 4 is 56.7 Å². The van der Waals surface area contributed by atoms with Crippen LogP contribution in [0.4, 0.5) is 10.5 Å². The summed E-state index contributed by atoms with van der Waals surface area (Å²) in [4.78, 5) is 16.6. The van der Waals surface area contributed by atoms with Gasteiger partial charge in [-0.2, -0.15) is 0 Å². The third kappa shape index (κ3) is 4.07. The molecule has 0 aliphatic carbocycles. The minimum absolute atomic E-state index is 0.545. The van der Waals surface area contributed by atoms with E-state index in [0.717, 1.165) is 25.1 Å². The fraction of sp³-hybridized carbons (Fsp3) is 0.0667. The van der Waals surface area contributed by atoms with E-state index in [9.17, 15) is 4.79 Å². The molecule has 0 bridgehead atoms. The second kappa shape index (κ2) is 7.08. The molecule has 3 rings (SSSR count). The van der Waals surface area contributed by atoms with Crippen LogP contribution in [0.3, 0.4) is 0 Å². The summed E-state index contributed by atoms with van der Waals surface area (Å²) in [6.07, 6.45) is -0.545. The number of halogens is 1. The first-order valence-electron chi connectivity index (χ1n) is 6.58. The molecule has 1 amide bonds. The Morgan fingerprint density at radius 2 is 2.04 bits per heavy atom. The van der Waals surface area contributed by atoms with Gasteiger partial charge in [0.15, 0.2) is 4.34 Å².